The Balaban J connectivity index is 1.57. The van der Waals surface area contributed by atoms with Gasteiger partial charge in [0.25, 0.3) is 0 Å². The van der Waals surface area contributed by atoms with Crippen LogP contribution in [0, 0.1) is 17.6 Å². The topological polar surface area (TPSA) is 58.6 Å². The molecule has 132 valence electrons. The summed E-state index contributed by atoms with van der Waals surface area (Å²) in [6, 6.07) is 10.6. The van der Waals surface area contributed by atoms with Crippen LogP contribution in [0.2, 0.25) is 0 Å². The van der Waals surface area contributed by atoms with Crippen molar-refractivity contribution in [1.29, 1.82) is 0 Å². The van der Waals surface area contributed by atoms with Crippen molar-refractivity contribution in [2.45, 2.75) is 18.4 Å². The molecule has 1 aliphatic carbocycles. The number of hydrogen-bond donors (Lipinski definition) is 2. The van der Waals surface area contributed by atoms with E-state index in [1.807, 2.05) is 0 Å². The van der Waals surface area contributed by atoms with E-state index in [0.717, 1.165) is 0 Å². The standard InChI is InChI=1S/C19H19F2NO3/c1-25-12-5-2-4-11(8-12)17(23)10-22-19(24)14-9-13(14)18-15(20)6-3-7-16(18)21/h2-8,13-14,17,23H,9-10H2,1H3,(H,22,24). The summed E-state index contributed by atoms with van der Waals surface area (Å²) >= 11 is 0. The van der Waals surface area contributed by atoms with Crippen LogP contribution in [-0.4, -0.2) is 24.7 Å². The minimum Gasteiger partial charge on any atom is -0.497 e. The molecule has 1 saturated carbocycles. The molecule has 25 heavy (non-hydrogen) atoms. The number of aliphatic hydroxyl groups excluding tert-OH is 1. The first kappa shape index (κ1) is 17.4. The van der Waals surface area contributed by atoms with Crippen molar-refractivity contribution < 1.29 is 23.4 Å². The van der Waals surface area contributed by atoms with E-state index in [2.05, 4.69) is 5.32 Å². The number of amides is 1. The van der Waals surface area contributed by atoms with Gasteiger partial charge in [0.05, 0.1) is 13.2 Å². The summed E-state index contributed by atoms with van der Waals surface area (Å²) in [5, 5.41) is 12.8. The van der Waals surface area contributed by atoms with Gasteiger partial charge in [-0.3, -0.25) is 4.79 Å². The molecular weight excluding hydrogens is 328 g/mol. The van der Waals surface area contributed by atoms with Gasteiger partial charge in [-0.2, -0.15) is 0 Å². The fourth-order valence-electron chi connectivity index (χ4n) is 2.96. The second kappa shape index (κ2) is 7.19. The molecule has 4 nitrogen and oxygen atoms in total. The van der Waals surface area contributed by atoms with Gasteiger partial charge in [0.2, 0.25) is 5.91 Å². The molecule has 0 aromatic heterocycles. The molecule has 1 fully saturated rings. The third kappa shape index (κ3) is 3.79. The van der Waals surface area contributed by atoms with E-state index >= 15 is 0 Å². The van der Waals surface area contributed by atoms with Crippen LogP contribution in [0.1, 0.15) is 29.6 Å². The first-order valence-corrected chi connectivity index (χ1v) is 8.05. The number of carbonyl (C=O) groups is 1. The molecule has 3 atom stereocenters. The monoisotopic (exact) mass is 347 g/mol. The van der Waals surface area contributed by atoms with E-state index < -0.39 is 29.6 Å². The predicted molar refractivity (Wildman–Crippen MR) is 88.2 cm³/mol. The van der Waals surface area contributed by atoms with Crippen LogP contribution in [0.15, 0.2) is 42.5 Å². The molecule has 0 spiro atoms. The highest BCUT2D eigenvalue weighted by atomic mass is 19.1. The van der Waals surface area contributed by atoms with Crippen LogP contribution in [0.4, 0.5) is 8.78 Å². The second-order valence-electron chi connectivity index (χ2n) is 6.12. The highest BCUT2D eigenvalue weighted by Gasteiger charge is 2.46. The van der Waals surface area contributed by atoms with Crippen molar-refractivity contribution in [2.24, 2.45) is 5.92 Å². The summed E-state index contributed by atoms with van der Waals surface area (Å²) in [4.78, 5) is 12.2. The summed E-state index contributed by atoms with van der Waals surface area (Å²) in [5.74, 6) is -1.87. The molecule has 2 aromatic carbocycles. The zero-order chi connectivity index (χ0) is 18.0. The van der Waals surface area contributed by atoms with E-state index in [0.29, 0.717) is 17.7 Å². The van der Waals surface area contributed by atoms with Crippen LogP contribution in [0.3, 0.4) is 0 Å². The SMILES string of the molecule is COc1cccc(C(O)CNC(=O)C2CC2c2c(F)cccc2F)c1. The number of ether oxygens (including phenoxy) is 1. The lowest BCUT2D eigenvalue weighted by Crippen LogP contribution is -2.30. The van der Waals surface area contributed by atoms with Gasteiger partial charge in [0.15, 0.2) is 0 Å². The Bertz CT molecular complexity index is 761. The van der Waals surface area contributed by atoms with Gasteiger partial charge in [-0.1, -0.05) is 18.2 Å². The van der Waals surface area contributed by atoms with Crippen LogP contribution in [-0.2, 0) is 4.79 Å². The summed E-state index contributed by atoms with van der Waals surface area (Å²) in [5.41, 5.74) is 0.586. The van der Waals surface area contributed by atoms with E-state index in [-0.39, 0.29) is 18.0 Å². The number of carbonyl (C=O) groups excluding carboxylic acids is 1. The van der Waals surface area contributed by atoms with Crippen molar-refractivity contribution >= 4 is 5.91 Å². The largest absolute Gasteiger partial charge is 0.497 e. The van der Waals surface area contributed by atoms with Gasteiger partial charge in [-0.15, -0.1) is 0 Å². The van der Waals surface area contributed by atoms with Gasteiger partial charge < -0.3 is 15.2 Å². The highest BCUT2D eigenvalue weighted by molar-refractivity contribution is 5.83. The maximum atomic E-state index is 13.8. The lowest BCUT2D eigenvalue weighted by molar-refractivity contribution is -0.122. The van der Waals surface area contributed by atoms with Crippen LogP contribution >= 0.6 is 0 Å². The van der Waals surface area contributed by atoms with Gasteiger partial charge in [-0.25, -0.2) is 8.78 Å². The smallest absolute Gasteiger partial charge is 0.223 e. The molecule has 0 bridgehead atoms. The fourth-order valence-corrected chi connectivity index (χ4v) is 2.96. The zero-order valence-electron chi connectivity index (χ0n) is 13.7. The molecule has 1 aliphatic rings. The molecule has 6 heteroatoms. The minimum absolute atomic E-state index is 0.0228. The van der Waals surface area contributed by atoms with Crippen LogP contribution in [0.5, 0.6) is 5.75 Å². The van der Waals surface area contributed by atoms with Gasteiger partial charge >= 0.3 is 0 Å². The molecule has 3 unspecified atom stereocenters. The Morgan fingerprint density at radius 3 is 2.64 bits per heavy atom. The van der Waals surface area contributed by atoms with E-state index in [9.17, 15) is 18.7 Å². The fraction of sp³-hybridized carbons (Fsp3) is 0.316. The second-order valence-corrected chi connectivity index (χ2v) is 6.12. The van der Waals surface area contributed by atoms with Crippen molar-refractivity contribution in [1.82, 2.24) is 5.32 Å². The first-order chi connectivity index (χ1) is 12.0. The summed E-state index contributed by atoms with van der Waals surface area (Å²) in [6.07, 6.45) is -0.486. The highest BCUT2D eigenvalue weighted by Crippen LogP contribution is 2.49. The van der Waals surface area contributed by atoms with Crippen molar-refractivity contribution in [3.05, 3.63) is 65.2 Å². The van der Waals surface area contributed by atoms with Gasteiger partial charge in [0, 0.05) is 23.9 Å². The van der Waals surface area contributed by atoms with Crippen LogP contribution in [0.25, 0.3) is 0 Å². The van der Waals surface area contributed by atoms with E-state index in [4.69, 9.17) is 4.74 Å². The number of hydrogen-bond acceptors (Lipinski definition) is 3. The number of benzene rings is 2. The van der Waals surface area contributed by atoms with Crippen LogP contribution < -0.4 is 10.1 Å². The Kier molecular flexibility index (Phi) is 4.99. The zero-order valence-corrected chi connectivity index (χ0v) is 13.7. The lowest BCUT2D eigenvalue weighted by Gasteiger charge is -2.13. The Morgan fingerprint density at radius 1 is 1.28 bits per heavy atom. The quantitative estimate of drug-likeness (QED) is 0.845. The summed E-state index contributed by atoms with van der Waals surface area (Å²) < 4.78 is 32.6. The number of methoxy groups -OCH3 is 1. The Hall–Kier alpha value is -2.47. The molecule has 0 radical (unpaired) electrons. The first-order valence-electron chi connectivity index (χ1n) is 8.05. The molecule has 0 aliphatic heterocycles. The van der Waals surface area contributed by atoms with Crippen molar-refractivity contribution in [3.63, 3.8) is 0 Å². The summed E-state index contributed by atoms with van der Waals surface area (Å²) in [6.45, 7) is 0.0228. The average molecular weight is 347 g/mol. The number of halogens is 2. The Labute approximate surface area is 144 Å². The average Bonchev–Trinajstić information content (AvgIpc) is 3.39. The van der Waals surface area contributed by atoms with E-state index in [1.165, 1.54) is 25.3 Å². The predicted octanol–water partition coefficient (Wildman–Crippen LogP) is 2.93. The third-order valence-electron chi connectivity index (χ3n) is 4.45. The number of nitrogens with one attached hydrogen (secondary N) is 1. The maximum Gasteiger partial charge on any atom is 0.223 e. The number of aliphatic hydroxyl groups is 1. The van der Waals surface area contributed by atoms with Gasteiger partial charge in [0.1, 0.15) is 17.4 Å². The third-order valence-corrected chi connectivity index (χ3v) is 4.45. The van der Waals surface area contributed by atoms with Crippen molar-refractivity contribution in [3.8, 4) is 5.75 Å². The van der Waals surface area contributed by atoms with Crippen molar-refractivity contribution in [2.75, 3.05) is 13.7 Å². The van der Waals surface area contributed by atoms with Gasteiger partial charge in [-0.05, 0) is 36.2 Å². The molecular formula is C19H19F2NO3. The molecule has 3 rings (SSSR count). The number of rotatable bonds is 6. The summed E-state index contributed by atoms with van der Waals surface area (Å²) in [7, 11) is 1.53. The molecule has 2 N–H and O–H groups in total. The normalized spacial score (nSPS) is 20.0. The maximum absolute atomic E-state index is 13.8. The molecule has 2 aromatic rings. The Morgan fingerprint density at radius 2 is 1.96 bits per heavy atom. The molecule has 1 amide bonds. The lowest BCUT2D eigenvalue weighted by atomic mass is 10.1. The molecule has 0 saturated heterocycles. The van der Waals surface area contributed by atoms with E-state index in [1.54, 1.807) is 24.3 Å². The minimum atomic E-state index is -0.888. The molecule has 0 heterocycles.